The van der Waals surface area contributed by atoms with Crippen molar-refractivity contribution in [2.45, 2.75) is 25.8 Å². The maximum absolute atomic E-state index is 5.39. The fraction of sp³-hybridized carbons (Fsp3) is 0.625. The van der Waals surface area contributed by atoms with E-state index < -0.39 is 0 Å². The van der Waals surface area contributed by atoms with Crippen molar-refractivity contribution in [2.24, 2.45) is 5.92 Å². The van der Waals surface area contributed by atoms with Gasteiger partial charge in [-0.25, -0.2) is 0 Å². The summed E-state index contributed by atoms with van der Waals surface area (Å²) in [5.74, 6) is 2.24. The Morgan fingerprint density at radius 1 is 1.30 bits per heavy atom. The van der Waals surface area contributed by atoms with E-state index in [0.29, 0.717) is 12.0 Å². The molecule has 2 rings (SSSR count). The first kappa shape index (κ1) is 15.1. The fourth-order valence-corrected chi connectivity index (χ4v) is 2.55. The molecule has 0 aliphatic carbocycles. The zero-order valence-corrected chi connectivity index (χ0v) is 12.6. The van der Waals surface area contributed by atoms with Crippen LogP contribution in [0.4, 0.5) is 0 Å². The van der Waals surface area contributed by atoms with Crippen LogP contribution in [0.3, 0.4) is 0 Å². The smallest absolute Gasteiger partial charge is 0.160 e. The molecule has 1 N–H and O–H groups in total. The minimum Gasteiger partial charge on any atom is -0.493 e. The molecular weight excluding hydrogens is 254 g/mol. The maximum atomic E-state index is 5.39. The molecule has 1 heterocycles. The van der Waals surface area contributed by atoms with Crippen LogP contribution in [0.1, 0.15) is 18.9 Å². The van der Waals surface area contributed by atoms with Gasteiger partial charge in [0.1, 0.15) is 0 Å². The Bertz CT molecular complexity index is 416. The molecule has 1 aromatic rings. The molecule has 0 spiro atoms. The number of benzene rings is 1. The van der Waals surface area contributed by atoms with Crippen molar-refractivity contribution < 1.29 is 14.2 Å². The predicted octanol–water partition coefficient (Wildman–Crippen LogP) is 2.26. The number of hydrogen-bond donors (Lipinski definition) is 1. The van der Waals surface area contributed by atoms with Gasteiger partial charge in [0, 0.05) is 19.2 Å². The van der Waals surface area contributed by atoms with Gasteiger partial charge in [0.25, 0.3) is 0 Å². The molecule has 2 atom stereocenters. The fourth-order valence-electron chi connectivity index (χ4n) is 2.55. The Balaban J connectivity index is 1.85. The van der Waals surface area contributed by atoms with Crippen LogP contribution in [0.25, 0.3) is 0 Å². The molecular formula is C16H25NO3. The summed E-state index contributed by atoms with van der Waals surface area (Å²) in [5.41, 5.74) is 1.25. The van der Waals surface area contributed by atoms with Crippen LogP contribution < -0.4 is 14.8 Å². The number of rotatable bonds is 7. The first-order valence-electron chi connectivity index (χ1n) is 7.25. The lowest BCUT2D eigenvalue weighted by Crippen LogP contribution is -2.32. The van der Waals surface area contributed by atoms with Gasteiger partial charge in [-0.2, -0.15) is 0 Å². The summed E-state index contributed by atoms with van der Waals surface area (Å²) in [7, 11) is 3.33. The highest BCUT2D eigenvalue weighted by molar-refractivity contribution is 5.43. The molecule has 4 heteroatoms. The van der Waals surface area contributed by atoms with Crippen molar-refractivity contribution in [1.29, 1.82) is 0 Å². The Kier molecular flexibility index (Phi) is 5.68. The Hall–Kier alpha value is -1.26. The average Bonchev–Trinajstić information content (AvgIpc) is 2.98. The van der Waals surface area contributed by atoms with E-state index in [1.54, 1.807) is 14.2 Å². The van der Waals surface area contributed by atoms with Crippen molar-refractivity contribution in [1.82, 2.24) is 5.32 Å². The third-order valence-corrected chi connectivity index (χ3v) is 3.77. The Labute approximate surface area is 121 Å². The van der Waals surface area contributed by atoms with Crippen LogP contribution in [-0.4, -0.2) is 40.0 Å². The molecule has 4 nitrogen and oxygen atoms in total. The molecule has 1 aliphatic rings. The number of hydrogen-bond acceptors (Lipinski definition) is 4. The molecule has 0 amide bonds. The molecule has 0 radical (unpaired) electrons. The molecule has 1 saturated heterocycles. The van der Waals surface area contributed by atoms with Gasteiger partial charge < -0.3 is 19.5 Å². The molecule has 0 bridgehead atoms. The van der Waals surface area contributed by atoms with E-state index >= 15 is 0 Å². The first-order chi connectivity index (χ1) is 9.72. The Morgan fingerprint density at radius 3 is 2.75 bits per heavy atom. The van der Waals surface area contributed by atoms with Gasteiger partial charge >= 0.3 is 0 Å². The summed E-state index contributed by atoms with van der Waals surface area (Å²) >= 11 is 0. The summed E-state index contributed by atoms with van der Waals surface area (Å²) in [6, 6.07) is 6.55. The molecule has 2 unspecified atom stereocenters. The molecule has 1 fully saturated rings. The van der Waals surface area contributed by atoms with Crippen molar-refractivity contribution in [3.05, 3.63) is 23.8 Å². The lowest BCUT2D eigenvalue weighted by Gasteiger charge is -2.17. The second-order valence-electron chi connectivity index (χ2n) is 5.43. The molecule has 20 heavy (non-hydrogen) atoms. The summed E-state index contributed by atoms with van der Waals surface area (Å²) < 4.78 is 16.0. The zero-order chi connectivity index (χ0) is 14.4. The van der Waals surface area contributed by atoms with Crippen molar-refractivity contribution in [3.63, 3.8) is 0 Å². The lowest BCUT2D eigenvalue weighted by molar-refractivity contribution is 0.184. The van der Waals surface area contributed by atoms with Crippen molar-refractivity contribution in [3.8, 4) is 11.5 Å². The molecule has 0 aromatic heterocycles. The second kappa shape index (κ2) is 7.50. The topological polar surface area (TPSA) is 39.7 Å². The van der Waals surface area contributed by atoms with Gasteiger partial charge in [0.2, 0.25) is 0 Å². The summed E-state index contributed by atoms with van der Waals surface area (Å²) in [5, 5.41) is 3.59. The highest BCUT2D eigenvalue weighted by atomic mass is 16.5. The lowest BCUT2D eigenvalue weighted by atomic mass is 10.0. The van der Waals surface area contributed by atoms with E-state index in [4.69, 9.17) is 14.2 Å². The van der Waals surface area contributed by atoms with Crippen LogP contribution in [0.5, 0.6) is 11.5 Å². The second-order valence-corrected chi connectivity index (χ2v) is 5.43. The minimum atomic E-state index is 0.439. The van der Waals surface area contributed by atoms with Crippen LogP contribution in [0.2, 0.25) is 0 Å². The van der Waals surface area contributed by atoms with Gasteiger partial charge in [0.15, 0.2) is 11.5 Å². The standard InChI is InChI=1S/C16H25NO3/c1-12(17-10-14-6-7-20-11-14)8-13-4-5-15(18-2)16(9-13)19-3/h4-5,9,12,14,17H,6-8,10-11H2,1-3H3. The van der Waals surface area contributed by atoms with Gasteiger partial charge in [-0.3, -0.25) is 0 Å². The largest absolute Gasteiger partial charge is 0.493 e. The van der Waals surface area contributed by atoms with Crippen molar-refractivity contribution >= 4 is 0 Å². The zero-order valence-electron chi connectivity index (χ0n) is 12.6. The summed E-state index contributed by atoms with van der Waals surface area (Å²) in [6.07, 6.45) is 2.16. The third kappa shape index (κ3) is 4.12. The number of ether oxygens (including phenoxy) is 3. The highest BCUT2D eigenvalue weighted by Crippen LogP contribution is 2.28. The highest BCUT2D eigenvalue weighted by Gasteiger charge is 2.16. The number of nitrogens with one attached hydrogen (secondary N) is 1. The average molecular weight is 279 g/mol. The van der Waals surface area contributed by atoms with E-state index in [2.05, 4.69) is 24.4 Å². The van der Waals surface area contributed by atoms with Gasteiger partial charge in [-0.05, 0) is 43.4 Å². The van der Waals surface area contributed by atoms with Crippen LogP contribution in [0, 0.1) is 5.92 Å². The van der Waals surface area contributed by atoms with Crippen LogP contribution in [-0.2, 0) is 11.2 Å². The van der Waals surface area contributed by atoms with Crippen LogP contribution in [0.15, 0.2) is 18.2 Å². The van der Waals surface area contributed by atoms with E-state index in [-0.39, 0.29) is 0 Å². The first-order valence-corrected chi connectivity index (χ1v) is 7.25. The van der Waals surface area contributed by atoms with Crippen molar-refractivity contribution in [2.75, 3.05) is 34.0 Å². The van der Waals surface area contributed by atoms with E-state index in [1.807, 2.05) is 6.07 Å². The Morgan fingerprint density at radius 2 is 2.10 bits per heavy atom. The maximum Gasteiger partial charge on any atom is 0.160 e. The summed E-state index contributed by atoms with van der Waals surface area (Å²) in [6.45, 7) is 5.06. The minimum absolute atomic E-state index is 0.439. The van der Waals surface area contributed by atoms with Gasteiger partial charge in [-0.15, -0.1) is 0 Å². The number of methoxy groups -OCH3 is 2. The van der Waals surface area contributed by atoms with E-state index in [9.17, 15) is 0 Å². The van der Waals surface area contributed by atoms with Gasteiger partial charge in [-0.1, -0.05) is 6.07 Å². The molecule has 112 valence electrons. The molecule has 1 aliphatic heterocycles. The van der Waals surface area contributed by atoms with Crippen LogP contribution >= 0.6 is 0 Å². The quantitative estimate of drug-likeness (QED) is 0.831. The summed E-state index contributed by atoms with van der Waals surface area (Å²) in [4.78, 5) is 0. The van der Waals surface area contributed by atoms with E-state index in [0.717, 1.165) is 37.7 Å². The van der Waals surface area contributed by atoms with E-state index in [1.165, 1.54) is 12.0 Å². The predicted molar refractivity (Wildman–Crippen MR) is 79.6 cm³/mol. The monoisotopic (exact) mass is 279 g/mol. The van der Waals surface area contributed by atoms with Gasteiger partial charge in [0.05, 0.1) is 20.8 Å². The normalized spacial score (nSPS) is 19.9. The molecule has 1 aromatic carbocycles. The SMILES string of the molecule is COc1ccc(CC(C)NCC2CCOC2)cc1OC. The third-order valence-electron chi connectivity index (χ3n) is 3.77. The molecule has 0 saturated carbocycles.